The van der Waals surface area contributed by atoms with E-state index in [0.717, 1.165) is 17.5 Å². The van der Waals surface area contributed by atoms with Crippen LogP contribution < -0.4 is 0 Å². The van der Waals surface area contributed by atoms with Gasteiger partial charge in [0.2, 0.25) is 0 Å². The quantitative estimate of drug-likeness (QED) is 0.568. The summed E-state index contributed by atoms with van der Waals surface area (Å²) in [4.78, 5) is 5.77. The van der Waals surface area contributed by atoms with Crippen molar-refractivity contribution in [2.24, 2.45) is 0 Å². The monoisotopic (exact) mass is 384 g/mol. The topological polar surface area (TPSA) is 20.7 Å². The van der Waals surface area contributed by atoms with E-state index in [4.69, 9.17) is 12.2 Å². The summed E-state index contributed by atoms with van der Waals surface area (Å²) in [5, 5.41) is 0. The number of benzene rings is 1. The fourth-order valence-electron chi connectivity index (χ4n) is 2.54. The van der Waals surface area contributed by atoms with Gasteiger partial charge in [0.15, 0.2) is 4.77 Å². The summed E-state index contributed by atoms with van der Waals surface area (Å²) in [6, 6.07) is 7.70. The molecule has 1 unspecified atom stereocenters. The van der Waals surface area contributed by atoms with Gasteiger partial charge >= 0.3 is 0 Å². The van der Waals surface area contributed by atoms with E-state index in [1.165, 1.54) is 15.8 Å². The highest BCUT2D eigenvalue weighted by molar-refractivity contribution is 9.10. The smallest absolute Gasteiger partial charge is 0.178 e. The third-order valence-electron chi connectivity index (χ3n) is 3.49. The Morgan fingerprint density at radius 1 is 1.43 bits per heavy atom. The summed E-state index contributed by atoms with van der Waals surface area (Å²) >= 11 is 10.4. The molecule has 0 aliphatic carbocycles. The van der Waals surface area contributed by atoms with Crippen LogP contribution in [0.25, 0.3) is 11.0 Å². The van der Waals surface area contributed by atoms with Gasteiger partial charge in [-0.05, 0) is 60.2 Å². The minimum absolute atomic E-state index is 0.171. The Hall–Kier alpha value is -0.980. The lowest BCUT2D eigenvalue weighted by atomic mass is 10.2. The number of aryl methyl sites for hydroxylation is 1. The molecule has 2 heterocycles. The first-order chi connectivity index (χ1) is 9.95. The van der Waals surface area contributed by atoms with Crippen molar-refractivity contribution in [3.8, 4) is 0 Å². The summed E-state index contributed by atoms with van der Waals surface area (Å²) in [5.41, 5.74) is 1.66. The maximum Gasteiger partial charge on any atom is 0.178 e. The molecular weight excluding hydrogens is 371 g/mol. The van der Waals surface area contributed by atoms with Crippen LogP contribution in [0.3, 0.4) is 0 Å². The minimum Gasteiger partial charge on any atom is -0.331 e. The molecule has 0 spiro atoms. The van der Waals surface area contributed by atoms with Crippen LogP contribution in [0.4, 0.5) is 4.39 Å². The number of fused-ring (bicyclic) bond motifs is 1. The molecule has 1 atom stereocenters. The highest BCUT2D eigenvalue weighted by Crippen LogP contribution is 2.28. The number of rotatable bonds is 3. The number of thiophene rings is 1. The van der Waals surface area contributed by atoms with E-state index in [9.17, 15) is 4.39 Å². The number of imidazole rings is 1. The fourth-order valence-corrected chi connectivity index (χ4v) is 4.28. The Morgan fingerprint density at radius 2 is 2.19 bits per heavy atom. The predicted molar refractivity (Wildman–Crippen MR) is 92.3 cm³/mol. The average Bonchev–Trinajstić information content (AvgIpc) is 2.93. The normalized spacial score (nSPS) is 13.0. The number of nitrogens with zero attached hydrogens (tertiary/aromatic N) is 1. The van der Waals surface area contributed by atoms with E-state index in [2.05, 4.69) is 46.9 Å². The molecule has 1 aromatic carbocycles. The standard InChI is InChI=1S/C15H14BrFN2S2/c1-8(5-10-4-3-9(2)21-10)19-14-7-12(17)11(16)6-13(14)18-15(19)20/h3-4,6-8H,5H2,1-2H3,(H,18,20). The second-order valence-corrected chi connectivity index (χ2v) is 7.76. The fraction of sp³-hybridized carbons (Fsp3) is 0.267. The molecular formula is C15H14BrFN2S2. The summed E-state index contributed by atoms with van der Waals surface area (Å²) in [7, 11) is 0. The SMILES string of the molecule is Cc1ccc(CC(C)n2c(=S)[nH]c3cc(Br)c(F)cc32)s1. The van der Waals surface area contributed by atoms with E-state index in [-0.39, 0.29) is 11.9 Å². The number of H-pyrrole nitrogens is 1. The summed E-state index contributed by atoms with van der Waals surface area (Å²) < 4.78 is 16.9. The average molecular weight is 385 g/mol. The Bertz CT molecular complexity index is 862. The first-order valence-corrected chi connectivity index (χ1v) is 8.62. The molecule has 6 heteroatoms. The molecule has 0 amide bonds. The molecule has 0 aliphatic rings. The molecule has 0 saturated carbocycles. The largest absolute Gasteiger partial charge is 0.331 e. The highest BCUT2D eigenvalue weighted by Gasteiger charge is 2.14. The van der Waals surface area contributed by atoms with Crippen molar-refractivity contribution in [3.05, 3.63) is 49.1 Å². The van der Waals surface area contributed by atoms with Crippen molar-refractivity contribution in [2.75, 3.05) is 0 Å². The molecule has 0 radical (unpaired) electrons. The van der Waals surface area contributed by atoms with Crippen LogP contribution in [0.15, 0.2) is 28.7 Å². The molecule has 2 aromatic heterocycles. The van der Waals surface area contributed by atoms with Gasteiger partial charge in [0.1, 0.15) is 5.82 Å². The maximum absolute atomic E-state index is 13.8. The first-order valence-electron chi connectivity index (χ1n) is 6.60. The second-order valence-electron chi connectivity index (χ2n) is 5.15. The van der Waals surface area contributed by atoms with Crippen LogP contribution in [-0.4, -0.2) is 9.55 Å². The van der Waals surface area contributed by atoms with Crippen molar-refractivity contribution in [2.45, 2.75) is 26.3 Å². The summed E-state index contributed by atoms with van der Waals surface area (Å²) in [6.07, 6.45) is 0.886. The Morgan fingerprint density at radius 3 is 2.86 bits per heavy atom. The lowest BCUT2D eigenvalue weighted by molar-refractivity contribution is 0.555. The van der Waals surface area contributed by atoms with Crippen molar-refractivity contribution >= 4 is 50.5 Å². The van der Waals surface area contributed by atoms with Crippen LogP contribution in [0, 0.1) is 17.5 Å². The van der Waals surface area contributed by atoms with E-state index >= 15 is 0 Å². The number of aromatic nitrogens is 2. The summed E-state index contributed by atoms with van der Waals surface area (Å²) in [6.45, 7) is 4.21. The van der Waals surface area contributed by atoms with Gasteiger partial charge in [0, 0.05) is 28.3 Å². The van der Waals surface area contributed by atoms with Gasteiger partial charge in [0.25, 0.3) is 0 Å². The van der Waals surface area contributed by atoms with Gasteiger partial charge in [-0.3, -0.25) is 0 Å². The molecule has 0 bridgehead atoms. The zero-order valence-corrected chi connectivity index (χ0v) is 14.8. The van der Waals surface area contributed by atoms with Gasteiger partial charge in [-0.1, -0.05) is 0 Å². The number of hydrogen-bond acceptors (Lipinski definition) is 2. The lowest BCUT2D eigenvalue weighted by Gasteiger charge is -2.14. The van der Waals surface area contributed by atoms with Crippen molar-refractivity contribution in [3.63, 3.8) is 0 Å². The summed E-state index contributed by atoms with van der Waals surface area (Å²) in [5.74, 6) is -0.274. The molecule has 0 fully saturated rings. The van der Waals surface area contributed by atoms with Gasteiger partial charge in [0.05, 0.1) is 15.5 Å². The Kier molecular flexibility index (Phi) is 4.03. The molecule has 21 heavy (non-hydrogen) atoms. The first kappa shape index (κ1) is 14.9. The predicted octanol–water partition coefficient (Wildman–Crippen LogP) is 5.77. The molecule has 0 saturated heterocycles. The molecule has 1 N–H and O–H groups in total. The van der Waals surface area contributed by atoms with Gasteiger partial charge in [-0.25, -0.2) is 4.39 Å². The minimum atomic E-state index is -0.274. The molecule has 3 aromatic rings. The van der Waals surface area contributed by atoms with Gasteiger partial charge in [-0.2, -0.15) is 0 Å². The molecule has 2 nitrogen and oxygen atoms in total. The van der Waals surface area contributed by atoms with Crippen LogP contribution in [0.5, 0.6) is 0 Å². The highest BCUT2D eigenvalue weighted by atomic mass is 79.9. The Labute approximate surface area is 139 Å². The zero-order chi connectivity index (χ0) is 15.1. The third-order valence-corrected chi connectivity index (χ3v) is 5.42. The number of halogens is 2. The van der Waals surface area contributed by atoms with E-state index in [1.54, 1.807) is 17.4 Å². The van der Waals surface area contributed by atoms with Gasteiger partial charge < -0.3 is 9.55 Å². The van der Waals surface area contributed by atoms with E-state index in [1.807, 2.05) is 4.57 Å². The zero-order valence-electron chi connectivity index (χ0n) is 11.6. The molecule has 3 rings (SSSR count). The maximum atomic E-state index is 13.8. The lowest BCUT2D eigenvalue weighted by Crippen LogP contribution is -2.07. The van der Waals surface area contributed by atoms with E-state index < -0.39 is 0 Å². The van der Waals surface area contributed by atoms with Crippen molar-refractivity contribution in [1.29, 1.82) is 0 Å². The molecule has 110 valence electrons. The van der Waals surface area contributed by atoms with E-state index in [0.29, 0.717) is 9.24 Å². The van der Waals surface area contributed by atoms with Gasteiger partial charge in [-0.15, -0.1) is 11.3 Å². The van der Waals surface area contributed by atoms with Crippen LogP contribution >= 0.6 is 39.5 Å². The molecule has 0 aliphatic heterocycles. The van der Waals surface area contributed by atoms with Crippen molar-refractivity contribution < 1.29 is 4.39 Å². The van der Waals surface area contributed by atoms with Crippen LogP contribution in [-0.2, 0) is 6.42 Å². The Balaban J connectivity index is 2.04. The number of hydrogen-bond donors (Lipinski definition) is 1. The van der Waals surface area contributed by atoms with Crippen LogP contribution in [0.2, 0.25) is 0 Å². The van der Waals surface area contributed by atoms with Crippen LogP contribution in [0.1, 0.15) is 22.7 Å². The second kappa shape index (κ2) is 5.66. The van der Waals surface area contributed by atoms with Crippen molar-refractivity contribution in [1.82, 2.24) is 9.55 Å². The number of aromatic amines is 1. The third kappa shape index (κ3) is 2.84. The number of nitrogens with one attached hydrogen (secondary N) is 1.